The van der Waals surface area contributed by atoms with Crippen molar-refractivity contribution < 1.29 is 4.74 Å². The molecule has 1 saturated carbocycles. The van der Waals surface area contributed by atoms with Gasteiger partial charge in [-0.2, -0.15) is 0 Å². The zero-order valence-corrected chi connectivity index (χ0v) is 9.87. The first kappa shape index (κ1) is 11.4. The molecule has 0 aromatic heterocycles. The van der Waals surface area contributed by atoms with Gasteiger partial charge in [0.1, 0.15) is 0 Å². The van der Waals surface area contributed by atoms with Gasteiger partial charge in [0.05, 0.1) is 6.61 Å². The van der Waals surface area contributed by atoms with E-state index in [1.807, 2.05) is 0 Å². The van der Waals surface area contributed by atoms with Crippen LogP contribution in [0.3, 0.4) is 0 Å². The fraction of sp³-hybridized carbons (Fsp3) is 1.00. The zero-order valence-electron chi connectivity index (χ0n) is 9.87. The molecule has 1 aliphatic carbocycles. The smallest absolute Gasteiger partial charge is 0.0593 e. The van der Waals surface area contributed by atoms with Crippen LogP contribution in [0.2, 0.25) is 0 Å². The van der Waals surface area contributed by atoms with Gasteiger partial charge in [-0.15, -0.1) is 0 Å². The molecule has 0 aromatic carbocycles. The number of nitrogens with zero attached hydrogens (tertiary/aromatic N) is 1. The van der Waals surface area contributed by atoms with Crippen molar-refractivity contribution in [3.05, 3.63) is 0 Å². The lowest BCUT2D eigenvalue weighted by molar-refractivity contribution is 0.130. The molecule has 0 radical (unpaired) electrons. The van der Waals surface area contributed by atoms with Gasteiger partial charge in [0, 0.05) is 38.3 Å². The molecule has 0 spiro atoms. The summed E-state index contributed by atoms with van der Waals surface area (Å²) < 4.78 is 5.50. The summed E-state index contributed by atoms with van der Waals surface area (Å²) in [5, 5.41) is 3.64. The Morgan fingerprint density at radius 3 is 2.93 bits per heavy atom. The first-order valence-electron chi connectivity index (χ1n) is 6.45. The van der Waals surface area contributed by atoms with Crippen LogP contribution in [0, 0.1) is 0 Å². The Morgan fingerprint density at radius 1 is 1.33 bits per heavy atom. The first-order valence-corrected chi connectivity index (χ1v) is 6.45. The normalized spacial score (nSPS) is 26.2. The van der Waals surface area contributed by atoms with Crippen LogP contribution in [0.4, 0.5) is 0 Å². The Labute approximate surface area is 93.2 Å². The molecule has 15 heavy (non-hydrogen) atoms. The summed E-state index contributed by atoms with van der Waals surface area (Å²) in [5.74, 6) is 0. The Morgan fingerprint density at radius 2 is 2.20 bits per heavy atom. The molecule has 3 nitrogen and oxygen atoms in total. The van der Waals surface area contributed by atoms with E-state index >= 15 is 0 Å². The highest BCUT2D eigenvalue weighted by Crippen LogP contribution is 2.19. The zero-order chi connectivity index (χ0) is 10.5. The number of ether oxygens (including phenoxy) is 1. The minimum absolute atomic E-state index is 0.715. The van der Waals surface area contributed by atoms with Gasteiger partial charge < -0.3 is 10.1 Å². The van der Waals surface area contributed by atoms with Gasteiger partial charge in [0.15, 0.2) is 0 Å². The maximum atomic E-state index is 5.50. The molecule has 88 valence electrons. The highest BCUT2D eigenvalue weighted by atomic mass is 16.5. The lowest BCUT2D eigenvalue weighted by Gasteiger charge is -2.29. The van der Waals surface area contributed by atoms with E-state index in [0.717, 1.165) is 25.8 Å². The summed E-state index contributed by atoms with van der Waals surface area (Å²) >= 11 is 0. The lowest BCUT2D eigenvalue weighted by atomic mass is 10.1. The molecule has 2 aliphatic rings. The van der Waals surface area contributed by atoms with Gasteiger partial charge in [-0.05, 0) is 25.7 Å². The van der Waals surface area contributed by atoms with Crippen molar-refractivity contribution in [2.24, 2.45) is 0 Å². The van der Waals surface area contributed by atoms with Crippen LogP contribution in [0.1, 0.15) is 32.6 Å². The van der Waals surface area contributed by atoms with Crippen molar-refractivity contribution in [1.82, 2.24) is 10.2 Å². The van der Waals surface area contributed by atoms with Gasteiger partial charge in [-0.3, -0.25) is 4.90 Å². The molecule has 2 rings (SSSR count). The van der Waals surface area contributed by atoms with Crippen LogP contribution in [0.15, 0.2) is 0 Å². The summed E-state index contributed by atoms with van der Waals surface area (Å²) in [7, 11) is 0. The van der Waals surface area contributed by atoms with Gasteiger partial charge >= 0.3 is 0 Å². The third-order valence-electron chi connectivity index (χ3n) is 3.46. The molecule has 1 heterocycles. The average Bonchev–Trinajstić information content (AvgIpc) is 3.05. The van der Waals surface area contributed by atoms with Gasteiger partial charge in [0.2, 0.25) is 0 Å². The molecule has 1 atom stereocenters. The maximum absolute atomic E-state index is 5.50. The molecule has 2 fully saturated rings. The minimum atomic E-state index is 0.715. The van der Waals surface area contributed by atoms with Crippen molar-refractivity contribution >= 4 is 0 Å². The highest BCUT2D eigenvalue weighted by molar-refractivity contribution is 4.84. The average molecular weight is 212 g/mol. The topological polar surface area (TPSA) is 24.5 Å². The minimum Gasteiger partial charge on any atom is -0.380 e. The second-order valence-electron chi connectivity index (χ2n) is 4.75. The molecular formula is C12H24N2O. The Kier molecular flexibility index (Phi) is 4.42. The predicted octanol–water partition coefficient (Wildman–Crippen LogP) is 1.24. The summed E-state index contributed by atoms with van der Waals surface area (Å²) in [6.07, 6.45) is 5.22. The van der Waals surface area contributed by atoms with E-state index in [1.54, 1.807) is 0 Å². The van der Waals surface area contributed by atoms with Crippen LogP contribution >= 0.6 is 0 Å². The van der Waals surface area contributed by atoms with E-state index < -0.39 is 0 Å². The van der Waals surface area contributed by atoms with E-state index in [-0.39, 0.29) is 0 Å². The highest BCUT2D eigenvalue weighted by Gasteiger charge is 2.24. The molecule has 1 aliphatic heterocycles. The van der Waals surface area contributed by atoms with E-state index in [9.17, 15) is 0 Å². The molecule has 1 N–H and O–H groups in total. The quantitative estimate of drug-likeness (QED) is 0.742. The first-order chi connectivity index (χ1) is 7.40. The van der Waals surface area contributed by atoms with Crippen LogP contribution in [-0.2, 0) is 4.74 Å². The number of hydrogen-bond acceptors (Lipinski definition) is 3. The van der Waals surface area contributed by atoms with E-state index in [1.165, 1.54) is 38.8 Å². The summed E-state index contributed by atoms with van der Waals surface area (Å²) in [6.45, 7) is 7.66. The molecule has 0 amide bonds. The number of rotatable bonds is 5. The molecule has 3 heteroatoms. The van der Waals surface area contributed by atoms with Crippen molar-refractivity contribution in [2.45, 2.75) is 44.7 Å². The van der Waals surface area contributed by atoms with E-state index in [2.05, 4.69) is 17.1 Å². The van der Waals surface area contributed by atoms with Gasteiger partial charge in [0.25, 0.3) is 0 Å². The molecule has 1 unspecified atom stereocenters. The fourth-order valence-corrected chi connectivity index (χ4v) is 2.25. The van der Waals surface area contributed by atoms with E-state index in [0.29, 0.717) is 6.04 Å². The number of nitrogens with one attached hydrogen (secondary N) is 1. The Hall–Kier alpha value is -0.120. The summed E-state index contributed by atoms with van der Waals surface area (Å²) in [4.78, 5) is 2.60. The van der Waals surface area contributed by atoms with Crippen LogP contribution < -0.4 is 5.32 Å². The predicted molar refractivity (Wildman–Crippen MR) is 62.1 cm³/mol. The van der Waals surface area contributed by atoms with E-state index in [4.69, 9.17) is 4.74 Å². The van der Waals surface area contributed by atoms with Crippen molar-refractivity contribution in [3.63, 3.8) is 0 Å². The molecule has 0 aromatic rings. The maximum Gasteiger partial charge on any atom is 0.0593 e. The van der Waals surface area contributed by atoms with Crippen LogP contribution in [0.5, 0.6) is 0 Å². The summed E-state index contributed by atoms with van der Waals surface area (Å²) in [6, 6.07) is 1.55. The standard InChI is InChI=1S/C12H24N2O/c1-2-12(10-13-11-4-5-11)14-6-3-8-15-9-7-14/h11-13H,2-10H2,1H3. The Balaban J connectivity index is 1.74. The Bertz CT molecular complexity index is 174. The van der Waals surface area contributed by atoms with Crippen molar-refractivity contribution in [2.75, 3.05) is 32.8 Å². The van der Waals surface area contributed by atoms with Crippen LogP contribution in [0.25, 0.3) is 0 Å². The largest absolute Gasteiger partial charge is 0.380 e. The lowest BCUT2D eigenvalue weighted by Crippen LogP contribution is -2.43. The summed E-state index contributed by atoms with van der Waals surface area (Å²) in [5.41, 5.74) is 0. The number of hydrogen-bond donors (Lipinski definition) is 1. The van der Waals surface area contributed by atoms with Crippen molar-refractivity contribution in [1.29, 1.82) is 0 Å². The third-order valence-corrected chi connectivity index (χ3v) is 3.46. The van der Waals surface area contributed by atoms with Gasteiger partial charge in [-0.1, -0.05) is 6.92 Å². The monoisotopic (exact) mass is 212 g/mol. The van der Waals surface area contributed by atoms with Crippen molar-refractivity contribution in [3.8, 4) is 0 Å². The van der Waals surface area contributed by atoms with Gasteiger partial charge in [-0.25, -0.2) is 0 Å². The molecular weight excluding hydrogens is 188 g/mol. The molecule has 0 bridgehead atoms. The van der Waals surface area contributed by atoms with Crippen LogP contribution in [-0.4, -0.2) is 49.8 Å². The molecule has 1 saturated heterocycles. The third kappa shape index (κ3) is 3.74. The second kappa shape index (κ2) is 5.83. The second-order valence-corrected chi connectivity index (χ2v) is 4.75. The fourth-order valence-electron chi connectivity index (χ4n) is 2.25. The SMILES string of the molecule is CCC(CNC1CC1)N1CCCOCC1.